The predicted molar refractivity (Wildman–Crippen MR) is 71.7 cm³/mol. The summed E-state index contributed by atoms with van der Waals surface area (Å²) >= 11 is 0. The number of hydrogen-bond acceptors (Lipinski definition) is 6. The van der Waals surface area contributed by atoms with E-state index in [1.165, 1.54) is 35.4 Å². The number of methoxy groups -OCH3 is 4. The van der Waals surface area contributed by atoms with E-state index in [2.05, 4.69) is 0 Å². The molecule has 1 rings (SSSR count). The van der Waals surface area contributed by atoms with Crippen molar-refractivity contribution in [2.24, 2.45) is 0 Å². The fraction of sp³-hybridized carbons (Fsp3) is 0.571. The van der Waals surface area contributed by atoms with Crippen molar-refractivity contribution in [2.45, 2.75) is 24.3 Å². The zero-order valence-corrected chi connectivity index (χ0v) is 12.4. The Bertz CT molecular complexity index is 407. The number of ether oxygens (including phenoxy) is 4. The molecule has 1 aromatic carbocycles. The van der Waals surface area contributed by atoms with Crippen molar-refractivity contribution >= 4 is 0 Å². The van der Waals surface area contributed by atoms with E-state index in [1.54, 1.807) is 30.3 Å². The molecule has 1 aromatic rings. The average molecular weight is 286 g/mol. The lowest BCUT2D eigenvalue weighted by atomic mass is 9.86. The van der Waals surface area contributed by atoms with Gasteiger partial charge in [-0.2, -0.15) is 0 Å². The van der Waals surface area contributed by atoms with Crippen molar-refractivity contribution < 1.29 is 29.2 Å². The lowest BCUT2D eigenvalue weighted by Crippen LogP contribution is -2.68. The molecule has 0 saturated carbocycles. The first-order valence-electron chi connectivity index (χ1n) is 6.06. The molecule has 0 aromatic heterocycles. The zero-order valence-electron chi connectivity index (χ0n) is 12.4. The molecule has 0 spiro atoms. The second-order valence-corrected chi connectivity index (χ2v) is 4.44. The molecule has 1 unspecified atom stereocenters. The first-order valence-corrected chi connectivity index (χ1v) is 6.06. The molecule has 114 valence electrons. The van der Waals surface area contributed by atoms with E-state index >= 15 is 0 Å². The van der Waals surface area contributed by atoms with Crippen LogP contribution in [0.15, 0.2) is 30.3 Å². The topological polar surface area (TPSA) is 77.4 Å². The Hall–Kier alpha value is -1.02. The Morgan fingerprint density at radius 3 is 1.60 bits per heavy atom. The monoisotopic (exact) mass is 286 g/mol. The van der Waals surface area contributed by atoms with E-state index in [-0.39, 0.29) is 5.56 Å². The molecule has 0 bridgehead atoms. The van der Waals surface area contributed by atoms with Gasteiger partial charge in [-0.15, -0.1) is 0 Å². The van der Waals surface area contributed by atoms with E-state index in [1.807, 2.05) is 0 Å². The van der Waals surface area contributed by atoms with Gasteiger partial charge in [0.15, 0.2) is 0 Å². The van der Waals surface area contributed by atoms with Gasteiger partial charge in [-0.25, -0.2) is 0 Å². The number of hydrogen-bond donors (Lipinski definition) is 2. The molecule has 0 aliphatic rings. The molecule has 6 heteroatoms. The highest BCUT2D eigenvalue weighted by atomic mass is 16.9. The predicted octanol–water partition coefficient (Wildman–Crippen LogP) is 0.822. The Labute approximate surface area is 118 Å². The zero-order chi connectivity index (χ0) is 15.4. The van der Waals surface area contributed by atoms with Crippen LogP contribution in [0.2, 0.25) is 0 Å². The maximum absolute atomic E-state index is 10.6. The van der Waals surface area contributed by atoms with Gasteiger partial charge >= 0.3 is 5.97 Å². The number of rotatable bonds is 7. The summed E-state index contributed by atoms with van der Waals surface area (Å²) in [7, 11) is 5.29. The molecule has 0 radical (unpaired) electrons. The third-order valence-electron chi connectivity index (χ3n) is 3.64. The molecular formula is C14H22O6. The molecule has 0 amide bonds. The molecule has 2 N–H and O–H groups in total. The van der Waals surface area contributed by atoms with Gasteiger partial charge in [-0.1, -0.05) is 30.3 Å². The van der Waals surface area contributed by atoms with Crippen molar-refractivity contribution in [3.05, 3.63) is 35.9 Å². The summed E-state index contributed by atoms with van der Waals surface area (Å²) in [5.41, 5.74) is -1.53. The van der Waals surface area contributed by atoms with E-state index in [0.717, 1.165) is 0 Å². The van der Waals surface area contributed by atoms with E-state index in [0.29, 0.717) is 0 Å². The molecule has 0 aliphatic heterocycles. The van der Waals surface area contributed by atoms with Crippen molar-refractivity contribution in [2.75, 3.05) is 28.4 Å². The number of aliphatic hydroxyl groups is 2. The van der Waals surface area contributed by atoms with Crippen LogP contribution >= 0.6 is 0 Å². The Kier molecular flexibility index (Phi) is 5.26. The van der Waals surface area contributed by atoms with Crippen LogP contribution in [0.25, 0.3) is 0 Å². The maximum Gasteiger partial charge on any atom is 0.318 e. The lowest BCUT2D eigenvalue weighted by Gasteiger charge is -2.49. The minimum Gasteiger partial charge on any atom is -0.365 e. The fourth-order valence-electron chi connectivity index (χ4n) is 2.26. The molecular weight excluding hydrogens is 264 g/mol. The molecule has 0 heterocycles. The second-order valence-electron chi connectivity index (χ2n) is 4.44. The minimum atomic E-state index is -2.41. The van der Waals surface area contributed by atoms with Crippen LogP contribution < -0.4 is 0 Å². The summed E-state index contributed by atoms with van der Waals surface area (Å²) in [6.07, 6.45) is 0. The van der Waals surface area contributed by atoms with Gasteiger partial charge in [0.25, 0.3) is 0 Å². The van der Waals surface area contributed by atoms with Gasteiger partial charge in [0.1, 0.15) is 0 Å². The molecule has 0 saturated heterocycles. The van der Waals surface area contributed by atoms with Crippen LogP contribution in [0.4, 0.5) is 0 Å². The van der Waals surface area contributed by atoms with Crippen molar-refractivity contribution in [1.29, 1.82) is 0 Å². The first-order chi connectivity index (χ1) is 9.35. The Morgan fingerprint density at radius 1 is 0.800 bits per heavy atom. The Balaban J connectivity index is 3.42. The van der Waals surface area contributed by atoms with Gasteiger partial charge < -0.3 is 29.2 Å². The SMILES string of the molecule is COC(OC)(OC)C(C)(OC)C(O)(O)c1ccccc1. The molecule has 6 nitrogen and oxygen atoms in total. The summed E-state index contributed by atoms with van der Waals surface area (Å²) in [5, 5.41) is 21.2. The summed E-state index contributed by atoms with van der Waals surface area (Å²) < 4.78 is 21.0. The van der Waals surface area contributed by atoms with Gasteiger partial charge in [0, 0.05) is 34.0 Å². The number of benzene rings is 1. The summed E-state index contributed by atoms with van der Waals surface area (Å²) in [5.74, 6) is -4.22. The van der Waals surface area contributed by atoms with E-state index < -0.39 is 17.4 Å². The largest absolute Gasteiger partial charge is 0.365 e. The molecule has 20 heavy (non-hydrogen) atoms. The highest BCUT2D eigenvalue weighted by Crippen LogP contribution is 2.43. The van der Waals surface area contributed by atoms with E-state index in [9.17, 15) is 10.2 Å². The summed E-state index contributed by atoms with van der Waals surface area (Å²) in [6, 6.07) is 8.24. The lowest BCUT2D eigenvalue weighted by molar-refractivity contribution is -0.471. The molecule has 1 atom stereocenters. The smallest absolute Gasteiger partial charge is 0.318 e. The van der Waals surface area contributed by atoms with Crippen LogP contribution in [-0.4, -0.2) is 50.2 Å². The summed E-state index contributed by atoms with van der Waals surface area (Å²) in [6.45, 7) is 1.43. The van der Waals surface area contributed by atoms with Crippen LogP contribution in [0.1, 0.15) is 12.5 Å². The fourth-order valence-corrected chi connectivity index (χ4v) is 2.26. The third kappa shape index (κ3) is 2.35. The van der Waals surface area contributed by atoms with Crippen molar-refractivity contribution in [3.63, 3.8) is 0 Å². The summed E-state index contributed by atoms with van der Waals surface area (Å²) in [4.78, 5) is 0. The van der Waals surface area contributed by atoms with Crippen LogP contribution in [0.3, 0.4) is 0 Å². The van der Waals surface area contributed by atoms with Crippen molar-refractivity contribution in [1.82, 2.24) is 0 Å². The minimum absolute atomic E-state index is 0.222. The van der Waals surface area contributed by atoms with Crippen LogP contribution in [-0.2, 0) is 24.7 Å². The van der Waals surface area contributed by atoms with Gasteiger partial charge in [0.2, 0.25) is 11.4 Å². The van der Waals surface area contributed by atoms with Crippen LogP contribution in [0, 0.1) is 0 Å². The molecule has 0 fully saturated rings. The van der Waals surface area contributed by atoms with Gasteiger partial charge in [0.05, 0.1) is 0 Å². The van der Waals surface area contributed by atoms with Gasteiger partial charge in [-0.3, -0.25) is 0 Å². The van der Waals surface area contributed by atoms with Crippen molar-refractivity contribution in [3.8, 4) is 0 Å². The van der Waals surface area contributed by atoms with Crippen LogP contribution in [0.5, 0.6) is 0 Å². The second kappa shape index (κ2) is 6.17. The maximum atomic E-state index is 10.6. The highest BCUT2D eigenvalue weighted by Gasteiger charge is 2.64. The normalized spacial score (nSPS) is 15.9. The molecule has 0 aliphatic carbocycles. The Morgan fingerprint density at radius 2 is 1.25 bits per heavy atom. The van der Waals surface area contributed by atoms with E-state index in [4.69, 9.17) is 18.9 Å². The average Bonchev–Trinajstić information content (AvgIpc) is 2.49. The van der Waals surface area contributed by atoms with Gasteiger partial charge in [-0.05, 0) is 6.92 Å². The first kappa shape index (κ1) is 17.0. The third-order valence-corrected chi connectivity index (χ3v) is 3.64. The quantitative estimate of drug-likeness (QED) is 0.723. The standard InChI is InChI=1S/C14H22O6/c1-12(17-2,14(18-3,19-4)20-5)13(15,16)11-9-7-6-8-10-11/h6-10,15-16H,1-5H3. The highest BCUT2D eigenvalue weighted by molar-refractivity contribution is 5.24.